The standard InChI is InChI=1S/C11H11NO/c1-9-11(8-13-12-9)7-10-5-3-2-4-6-10/h2-7H,8H2,1H3/b11-7+. The number of nitrogens with zero attached hydrogens (tertiary/aromatic N) is 1. The predicted octanol–water partition coefficient (Wildman–Crippen LogP) is 2.48. The van der Waals surface area contributed by atoms with E-state index in [0.29, 0.717) is 6.61 Å². The van der Waals surface area contributed by atoms with Crippen LogP contribution in [0.5, 0.6) is 0 Å². The smallest absolute Gasteiger partial charge is 0.144 e. The van der Waals surface area contributed by atoms with Crippen molar-refractivity contribution in [3.05, 3.63) is 41.5 Å². The zero-order chi connectivity index (χ0) is 9.10. The molecule has 2 heteroatoms. The van der Waals surface area contributed by atoms with E-state index in [-0.39, 0.29) is 0 Å². The number of oxime groups is 1. The van der Waals surface area contributed by atoms with E-state index in [4.69, 9.17) is 4.84 Å². The van der Waals surface area contributed by atoms with Crippen LogP contribution in [0.2, 0.25) is 0 Å². The molecule has 1 heterocycles. The fourth-order valence-electron chi connectivity index (χ4n) is 1.26. The summed E-state index contributed by atoms with van der Waals surface area (Å²) in [4.78, 5) is 4.96. The molecule has 0 aromatic heterocycles. The molecule has 0 atom stereocenters. The third kappa shape index (κ3) is 1.78. The number of hydrogen-bond donors (Lipinski definition) is 0. The molecule has 0 spiro atoms. The second kappa shape index (κ2) is 3.44. The number of hydrogen-bond acceptors (Lipinski definition) is 2. The Bertz CT molecular complexity index is 352. The van der Waals surface area contributed by atoms with Crippen molar-refractivity contribution in [1.82, 2.24) is 0 Å². The molecule has 0 radical (unpaired) electrons. The third-order valence-electron chi connectivity index (χ3n) is 2.03. The van der Waals surface area contributed by atoms with Gasteiger partial charge in [-0.15, -0.1) is 0 Å². The summed E-state index contributed by atoms with van der Waals surface area (Å²) in [6.07, 6.45) is 2.10. The molecule has 0 fully saturated rings. The minimum atomic E-state index is 0.598. The topological polar surface area (TPSA) is 21.6 Å². The first-order valence-electron chi connectivity index (χ1n) is 4.29. The summed E-state index contributed by atoms with van der Waals surface area (Å²) in [6.45, 7) is 2.56. The second-order valence-corrected chi connectivity index (χ2v) is 3.03. The molecule has 0 saturated carbocycles. The van der Waals surface area contributed by atoms with Gasteiger partial charge in [-0.05, 0) is 18.6 Å². The van der Waals surface area contributed by atoms with Gasteiger partial charge >= 0.3 is 0 Å². The van der Waals surface area contributed by atoms with Crippen LogP contribution in [0.1, 0.15) is 12.5 Å². The zero-order valence-corrected chi connectivity index (χ0v) is 7.53. The molecule has 0 N–H and O–H groups in total. The van der Waals surface area contributed by atoms with Crippen molar-refractivity contribution in [2.45, 2.75) is 6.92 Å². The average Bonchev–Trinajstić information content (AvgIpc) is 2.54. The summed E-state index contributed by atoms with van der Waals surface area (Å²) in [5, 5.41) is 3.86. The van der Waals surface area contributed by atoms with Gasteiger partial charge in [0.15, 0.2) is 0 Å². The van der Waals surface area contributed by atoms with E-state index < -0.39 is 0 Å². The van der Waals surface area contributed by atoms with Crippen LogP contribution in [0.25, 0.3) is 6.08 Å². The van der Waals surface area contributed by atoms with Crippen molar-refractivity contribution in [2.75, 3.05) is 6.61 Å². The van der Waals surface area contributed by atoms with Gasteiger partial charge in [-0.25, -0.2) is 0 Å². The first-order valence-corrected chi connectivity index (χ1v) is 4.29. The fraction of sp³-hybridized carbons (Fsp3) is 0.182. The first-order chi connectivity index (χ1) is 6.36. The van der Waals surface area contributed by atoms with Crippen molar-refractivity contribution in [3.8, 4) is 0 Å². The zero-order valence-electron chi connectivity index (χ0n) is 7.53. The lowest BCUT2D eigenvalue weighted by atomic mass is 10.1. The van der Waals surface area contributed by atoms with E-state index in [0.717, 1.165) is 11.3 Å². The Morgan fingerprint density at radius 1 is 1.31 bits per heavy atom. The molecule has 2 nitrogen and oxygen atoms in total. The van der Waals surface area contributed by atoms with Crippen LogP contribution < -0.4 is 0 Å². The van der Waals surface area contributed by atoms with E-state index >= 15 is 0 Å². The van der Waals surface area contributed by atoms with Crippen LogP contribution in [-0.4, -0.2) is 12.3 Å². The minimum Gasteiger partial charge on any atom is -0.391 e. The summed E-state index contributed by atoms with van der Waals surface area (Å²) in [7, 11) is 0. The average molecular weight is 173 g/mol. The van der Waals surface area contributed by atoms with E-state index in [1.807, 2.05) is 25.1 Å². The highest BCUT2D eigenvalue weighted by atomic mass is 16.6. The first kappa shape index (κ1) is 8.05. The highest BCUT2D eigenvalue weighted by Crippen LogP contribution is 2.13. The van der Waals surface area contributed by atoms with E-state index in [2.05, 4.69) is 23.4 Å². The van der Waals surface area contributed by atoms with Gasteiger partial charge in [0.25, 0.3) is 0 Å². The van der Waals surface area contributed by atoms with Gasteiger partial charge in [0.1, 0.15) is 6.61 Å². The molecule has 66 valence electrons. The Morgan fingerprint density at radius 2 is 2.08 bits per heavy atom. The maximum absolute atomic E-state index is 4.96. The Balaban J connectivity index is 2.26. The Kier molecular flexibility index (Phi) is 2.13. The van der Waals surface area contributed by atoms with Crippen LogP contribution in [0, 0.1) is 0 Å². The monoisotopic (exact) mass is 173 g/mol. The number of benzene rings is 1. The largest absolute Gasteiger partial charge is 0.391 e. The van der Waals surface area contributed by atoms with Crippen LogP contribution in [-0.2, 0) is 4.84 Å². The van der Waals surface area contributed by atoms with Gasteiger partial charge in [-0.3, -0.25) is 0 Å². The normalized spacial score (nSPS) is 18.5. The molecule has 0 bridgehead atoms. The molecule has 1 aliphatic rings. The SMILES string of the molecule is CC1=NOC/C1=C\c1ccccc1. The van der Waals surface area contributed by atoms with Crippen molar-refractivity contribution < 1.29 is 4.84 Å². The van der Waals surface area contributed by atoms with Gasteiger partial charge in [-0.2, -0.15) is 0 Å². The second-order valence-electron chi connectivity index (χ2n) is 3.03. The molecule has 13 heavy (non-hydrogen) atoms. The van der Waals surface area contributed by atoms with Crippen molar-refractivity contribution in [2.24, 2.45) is 5.16 Å². The molecule has 0 aliphatic carbocycles. The summed E-state index contributed by atoms with van der Waals surface area (Å²) in [5.41, 5.74) is 3.33. The third-order valence-corrected chi connectivity index (χ3v) is 2.03. The van der Waals surface area contributed by atoms with Crippen LogP contribution in [0.15, 0.2) is 41.1 Å². The van der Waals surface area contributed by atoms with E-state index in [1.54, 1.807) is 0 Å². The highest BCUT2D eigenvalue weighted by molar-refractivity contribution is 6.02. The Labute approximate surface area is 77.5 Å². The van der Waals surface area contributed by atoms with Gasteiger partial charge < -0.3 is 4.84 Å². The molecule has 0 amide bonds. The Hall–Kier alpha value is -1.57. The lowest BCUT2D eigenvalue weighted by molar-refractivity contribution is 0.187. The highest BCUT2D eigenvalue weighted by Gasteiger charge is 2.09. The van der Waals surface area contributed by atoms with Crippen molar-refractivity contribution in [3.63, 3.8) is 0 Å². The van der Waals surface area contributed by atoms with Crippen LogP contribution >= 0.6 is 0 Å². The predicted molar refractivity (Wildman–Crippen MR) is 53.5 cm³/mol. The van der Waals surface area contributed by atoms with Gasteiger partial charge in [-0.1, -0.05) is 35.5 Å². The quantitative estimate of drug-likeness (QED) is 0.639. The Morgan fingerprint density at radius 3 is 2.69 bits per heavy atom. The molecule has 2 rings (SSSR count). The summed E-state index contributed by atoms with van der Waals surface area (Å²) >= 11 is 0. The number of rotatable bonds is 1. The van der Waals surface area contributed by atoms with Crippen LogP contribution in [0.3, 0.4) is 0 Å². The van der Waals surface area contributed by atoms with Gasteiger partial charge in [0, 0.05) is 5.57 Å². The molecule has 0 unspecified atom stereocenters. The van der Waals surface area contributed by atoms with Crippen molar-refractivity contribution in [1.29, 1.82) is 0 Å². The van der Waals surface area contributed by atoms with E-state index in [9.17, 15) is 0 Å². The molecule has 1 aromatic rings. The molecule has 0 saturated heterocycles. The molecular formula is C11H11NO. The molecule has 1 aliphatic heterocycles. The van der Waals surface area contributed by atoms with Gasteiger partial charge in [0.2, 0.25) is 0 Å². The summed E-state index contributed by atoms with van der Waals surface area (Å²) in [5.74, 6) is 0. The van der Waals surface area contributed by atoms with Crippen molar-refractivity contribution >= 4 is 11.8 Å². The maximum atomic E-state index is 4.96. The van der Waals surface area contributed by atoms with E-state index in [1.165, 1.54) is 5.56 Å². The lowest BCUT2D eigenvalue weighted by Crippen LogP contribution is -1.93. The molecule has 1 aromatic carbocycles. The lowest BCUT2D eigenvalue weighted by Gasteiger charge is -1.95. The summed E-state index contributed by atoms with van der Waals surface area (Å²) in [6, 6.07) is 10.2. The van der Waals surface area contributed by atoms with Crippen LogP contribution in [0.4, 0.5) is 0 Å². The maximum Gasteiger partial charge on any atom is 0.144 e. The summed E-state index contributed by atoms with van der Waals surface area (Å²) < 4.78 is 0. The van der Waals surface area contributed by atoms with Gasteiger partial charge in [0.05, 0.1) is 5.71 Å². The molecular weight excluding hydrogens is 162 g/mol. The fourth-order valence-corrected chi connectivity index (χ4v) is 1.26. The minimum absolute atomic E-state index is 0.598.